The van der Waals surface area contributed by atoms with Crippen LogP contribution in [0.2, 0.25) is 0 Å². The average Bonchev–Trinajstić information content (AvgIpc) is 2.74. The lowest BCUT2D eigenvalue weighted by Gasteiger charge is -2.36. The first kappa shape index (κ1) is 18.9. The number of anilines is 1. The minimum absolute atomic E-state index is 0.0536. The molecule has 28 heavy (non-hydrogen) atoms. The molecule has 1 amide bonds. The fourth-order valence-corrected chi connectivity index (χ4v) is 4.06. The van der Waals surface area contributed by atoms with E-state index in [2.05, 4.69) is 22.1 Å². The van der Waals surface area contributed by atoms with E-state index in [1.165, 1.54) is 25.0 Å². The fraction of sp³-hybridized carbons (Fsp3) is 0.455. The van der Waals surface area contributed by atoms with Crippen LogP contribution in [0.5, 0.6) is 0 Å². The Morgan fingerprint density at radius 1 is 1.18 bits per heavy atom. The second kappa shape index (κ2) is 8.27. The molecule has 6 heteroatoms. The fourth-order valence-electron chi connectivity index (χ4n) is 4.06. The van der Waals surface area contributed by atoms with Gasteiger partial charge in [0.2, 0.25) is 0 Å². The van der Waals surface area contributed by atoms with E-state index >= 15 is 0 Å². The van der Waals surface area contributed by atoms with Crippen LogP contribution in [-0.2, 0) is 0 Å². The Labute approximate surface area is 165 Å². The van der Waals surface area contributed by atoms with Crippen molar-refractivity contribution in [2.45, 2.75) is 25.8 Å². The summed E-state index contributed by atoms with van der Waals surface area (Å²) in [5, 5.41) is 3.31. The number of carbonyl (C=O) groups excluding carboxylic acids is 1. The molecule has 5 nitrogen and oxygen atoms in total. The molecule has 0 spiro atoms. The summed E-state index contributed by atoms with van der Waals surface area (Å²) in [6, 6.07) is 10.1. The normalized spacial score (nSPS) is 21.0. The third kappa shape index (κ3) is 4.02. The SMILES string of the molecule is CC1CCN(c2ccc(C(=O)N3CCNCC3c3cccc(F)c3)cn2)CC1. The molecular weight excluding hydrogens is 355 g/mol. The molecule has 2 fully saturated rings. The zero-order chi connectivity index (χ0) is 19.5. The Morgan fingerprint density at radius 3 is 2.71 bits per heavy atom. The zero-order valence-electron chi connectivity index (χ0n) is 16.3. The highest BCUT2D eigenvalue weighted by molar-refractivity contribution is 5.94. The first-order chi connectivity index (χ1) is 13.6. The van der Waals surface area contributed by atoms with Gasteiger partial charge in [0.1, 0.15) is 11.6 Å². The number of amides is 1. The van der Waals surface area contributed by atoms with Gasteiger partial charge in [0.05, 0.1) is 11.6 Å². The standard InChI is InChI=1S/C22H27FN4O/c1-16-7-10-26(11-8-16)21-6-5-18(14-25-21)22(28)27-12-9-24-15-20(27)17-3-2-4-19(23)13-17/h2-6,13-14,16,20,24H,7-12,15H2,1H3. The predicted molar refractivity (Wildman–Crippen MR) is 108 cm³/mol. The number of hydrogen-bond acceptors (Lipinski definition) is 4. The lowest BCUT2D eigenvalue weighted by Crippen LogP contribution is -2.48. The molecule has 1 atom stereocenters. The van der Waals surface area contributed by atoms with Crippen LogP contribution in [0.3, 0.4) is 0 Å². The molecular formula is C22H27FN4O. The molecule has 0 aliphatic carbocycles. The number of benzene rings is 1. The van der Waals surface area contributed by atoms with Crippen molar-refractivity contribution in [1.29, 1.82) is 0 Å². The van der Waals surface area contributed by atoms with Gasteiger partial charge >= 0.3 is 0 Å². The van der Waals surface area contributed by atoms with Crippen molar-refractivity contribution < 1.29 is 9.18 Å². The highest BCUT2D eigenvalue weighted by Gasteiger charge is 2.29. The minimum Gasteiger partial charge on any atom is -0.357 e. The van der Waals surface area contributed by atoms with Crippen LogP contribution in [-0.4, -0.2) is 48.5 Å². The van der Waals surface area contributed by atoms with Crippen molar-refractivity contribution in [3.8, 4) is 0 Å². The van der Waals surface area contributed by atoms with Gasteiger partial charge in [0.25, 0.3) is 5.91 Å². The summed E-state index contributed by atoms with van der Waals surface area (Å²) >= 11 is 0. The second-order valence-corrected chi connectivity index (χ2v) is 7.85. The van der Waals surface area contributed by atoms with Crippen LogP contribution < -0.4 is 10.2 Å². The molecule has 1 unspecified atom stereocenters. The first-order valence-electron chi connectivity index (χ1n) is 10.1. The van der Waals surface area contributed by atoms with Gasteiger partial charge in [-0.15, -0.1) is 0 Å². The summed E-state index contributed by atoms with van der Waals surface area (Å²) < 4.78 is 13.7. The number of hydrogen-bond donors (Lipinski definition) is 1. The van der Waals surface area contributed by atoms with Crippen LogP contribution in [0.15, 0.2) is 42.6 Å². The van der Waals surface area contributed by atoms with E-state index in [1.807, 2.05) is 23.1 Å². The Kier molecular flexibility index (Phi) is 5.57. The van der Waals surface area contributed by atoms with Crippen LogP contribution in [0, 0.1) is 11.7 Å². The van der Waals surface area contributed by atoms with Crippen molar-refractivity contribution in [3.05, 3.63) is 59.5 Å². The number of halogens is 1. The molecule has 3 heterocycles. The molecule has 1 aromatic carbocycles. The van der Waals surface area contributed by atoms with E-state index in [0.29, 0.717) is 18.7 Å². The minimum atomic E-state index is -0.280. The summed E-state index contributed by atoms with van der Waals surface area (Å²) in [6.45, 7) is 6.25. The number of pyridine rings is 1. The topological polar surface area (TPSA) is 48.5 Å². The highest BCUT2D eigenvalue weighted by Crippen LogP contribution is 2.26. The highest BCUT2D eigenvalue weighted by atomic mass is 19.1. The van der Waals surface area contributed by atoms with E-state index in [-0.39, 0.29) is 17.8 Å². The number of nitrogens with one attached hydrogen (secondary N) is 1. The lowest BCUT2D eigenvalue weighted by atomic mass is 9.99. The maximum absolute atomic E-state index is 13.7. The van der Waals surface area contributed by atoms with Crippen molar-refractivity contribution in [1.82, 2.24) is 15.2 Å². The first-order valence-corrected chi connectivity index (χ1v) is 10.1. The van der Waals surface area contributed by atoms with E-state index in [1.54, 1.807) is 12.3 Å². The van der Waals surface area contributed by atoms with Crippen molar-refractivity contribution in [2.75, 3.05) is 37.6 Å². The van der Waals surface area contributed by atoms with Gasteiger partial charge in [0, 0.05) is 38.9 Å². The number of aromatic nitrogens is 1. The molecule has 148 valence electrons. The quantitative estimate of drug-likeness (QED) is 0.885. The van der Waals surface area contributed by atoms with Gasteiger partial charge in [-0.2, -0.15) is 0 Å². The lowest BCUT2D eigenvalue weighted by molar-refractivity contribution is 0.0633. The zero-order valence-corrected chi connectivity index (χ0v) is 16.3. The summed E-state index contributed by atoms with van der Waals surface area (Å²) in [7, 11) is 0. The molecule has 1 aromatic heterocycles. The molecule has 2 aromatic rings. The monoisotopic (exact) mass is 382 g/mol. The largest absolute Gasteiger partial charge is 0.357 e. The van der Waals surface area contributed by atoms with E-state index in [9.17, 15) is 9.18 Å². The molecule has 2 aliphatic heterocycles. The smallest absolute Gasteiger partial charge is 0.256 e. The summed E-state index contributed by atoms with van der Waals surface area (Å²) in [4.78, 5) is 21.8. The second-order valence-electron chi connectivity index (χ2n) is 7.85. The third-order valence-electron chi connectivity index (χ3n) is 5.84. The van der Waals surface area contributed by atoms with Crippen LogP contribution in [0.1, 0.15) is 41.7 Å². The van der Waals surface area contributed by atoms with Crippen LogP contribution in [0.25, 0.3) is 0 Å². The van der Waals surface area contributed by atoms with Crippen molar-refractivity contribution >= 4 is 11.7 Å². The molecule has 1 N–H and O–H groups in total. The number of rotatable bonds is 3. The van der Waals surface area contributed by atoms with Gasteiger partial charge < -0.3 is 15.1 Å². The van der Waals surface area contributed by atoms with Crippen LogP contribution in [0.4, 0.5) is 10.2 Å². The van der Waals surface area contributed by atoms with Crippen molar-refractivity contribution in [2.24, 2.45) is 5.92 Å². The van der Waals surface area contributed by atoms with Crippen molar-refractivity contribution in [3.63, 3.8) is 0 Å². The molecule has 2 saturated heterocycles. The predicted octanol–water partition coefficient (Wildman–Crippen LogP) is 3.24. The van der Waals surface area contributed by atoms with Gasteiger partial charge in [-0.05, 0) is 48.6 Å². The maximum Gasteiger partial charge on any atom is 0.256 e. The summed E-state index contributed by atoms with van der Waals surface area (Å²) in [6.07, 6.45) is 4.04. The third-order valence-corrected chi connectivity index (χ3v) is 5.84. The number of piperidine rings is 1. The molecule has 0 bridgehead atoms. The Balaban J connectivity index is 1.50. The Bertz CT molecular complexity index is 818. The number of piperazine rings is 1. The van der Waals surface area contributed by atoms with Gasteiger partial charge in [-0.3, -0.25) is 4.79 Å². The Hall–Kier alpha value is -2.47. The van der Waals surface area contributed by atoms with Gasteiger partial charge in [0.15, 0.2) is 0 Å². The maximum atomic E-state index is 13.7. The Morgan fingerprint density at radius 2 is 2.00 bits per heavy atom. The number of nitrogens with zero attached hydrogens (tertiary/aromatic N) is 3. The summed E-state index contributed by atoms with van der Waals surface area (Å²) in [5.74, 6) is 1.37. The van der Waals surface area contributed by atoms with E-state index in [0.717, 1.165) is 36.9 Å². The molecule has 0 saturated carbocycles. The van der Waals surface area contributed by atoms with Crippen LogP contribution >= 0.6 is 0 Å². The molecule has 4 rings (SSSR count). The number of carbonyl (C=O) groups is 1. The van der Waals surface area contributed by atoms with E-state index < -0.39 is 0 Å². The summed E-state index contributed by atoms with van der Waals surface area (Å²) in [5.41, 5.74) is 1.39. The van der Waals surface area contributed by atoms with E-state index in [4.69, 9.17) is 0 Å². The molecule has 0 radical (unpaired) electrons. The van der Waals surface area contributed by atoms with Gasteiger partial charge in [-0.1, -0.05) is 19.1 Å². The average molecular weight is 382 g/mol. The van der Waals surface area contributed by atoms with Gasteiger partial charge in [-0.25, -0.2) is 9.37 Å². The molecule has 2 aliphatic rings.